The number of carbonyl (C=O) groups is 1. The van der Waals surface area contributed by atoms with Gasteiger partial charge in [-0.2, -0.15) is 0 Å². The molecule has 7 nitrogen and oxygen atoms in total. The lowest BCUT2D eigenvalue weighted by atomic mass is 9.79. The Morgan fingerprint density at radius 1 is 1.13 bits per heavy atom. The van der Waals surface area contributed by atoms with E-state index in [2.05, 4.69) is 40.4 Å². The minimum atomic E-state index is -0.976. The number of hydrogen-bond donors (Lipinski definition) is 1. The Morgan fingerprint density at radius 2 is 1.89 bits per heavy atom. The molecule has 1 N–H and O–H groups in total. The zero-order chi connectivity index (χ0) is 26.4. The summed E-state index contributed by atoms with van der Waals surface area (Å²) in [4.78, 5) is 25.2. The van der Waals surface area contributed by atoms with Gasteiger partial charge in [-0.15, -0.1) is 0 Å². The van der Waals surface area contributed by atoms with E-state index in [9.17, 15) is 9.00 Å². The van der Waals surface area contributed by atoms with E-state index >= 15 is 0 Å². The highest BCUT2D eigenvalue weighted by Crippen LogP contribution is 2.55. The van der Waals surface area contributed by atoms with E-state index in [1.54, 1.807) is 13.4 Å². The SMILES string of the molecule is CCS(=O)c1ccc(CNC(=O)N2C[C@](C)(C3CC3)c3cc(-c4c(OC)ncnc4C4CC4)ccc32)cc1. The quantitative estimate of drug-likeness (QED) is 0.413. The van der Waals surface area contributed by atoms with Gasteiger partial charge in [-0.1, -0.05) is 32.0 Å². The molecule has 2 atom stereocenters. The maximum absolute atomic E-state index is 13.5. The van der Waals surface area contributed by atoms with Crippen molar-refractivity contribution in [2.45, 2.75) is 62.3 Å². The summed E-state index contributed by atoms with van der Waals surface area (Å²) in [6, 6.07) is 14.0. The third-order valence-corrected chi connectivity index (χ3v) is 9.62. The smallest absolute Gasteiger partial charge is 0.322 e. The standard InChI is InChI=1S/C30H34N4O3S/c1-4-38(36)23-12-5-19(6-13-23)16-31-29(35)34-17-30(2,22-10-11-22)24-15-21(9-14-25(24)34)26-27(20-7-8-20)32-18-33-28(26)37-3/h5-6,9,12-15,18,20,22H,4,7-8,10-11,16-17H2,1-3H3,(H,31,35)/t30-,38?/m1/s1. The molecule has 8 heteroatoms. The Bertz CT molecular complexity index is 1400. The van der Waals surface area contributed by atoms with Crippen molar-refractivity contribution in [3.05, 3.63) is 65.6 Å². The van der Waals surface area contributed by atoms with Gasteiger partial charge < -0.3 is 10.1 Å². The average molecular weight is 531 g/mol. The van der Waals surface area contributed by atoms with Crippen molar-refractivity contribution < 1.29 is 13.7 Å². The van der Waals surface area contributed by atoms with E-state index in [4.69, 9.17) is 4.74 Å². The average Bonchev–Trinajstić information content (AvgIpc) is 3.88. The molecule has 38 heavy (non-hydrogen) atoms. The molecule has 2 aromatic carbocycles. The lowest BCUT2D eigenvalue weighted by Gasteiger charge is -2.26. The molecule has 2 fully saturated rings. The van der Waals surface area contributed by atoms with Crippen LogP contribution in [0.1, 0.15) is 62.3 Å². The third kappa shape index (κ3) is 4.49. The van der Waals surface area contributed by atoms with Crippen LogP contribution < -0.4 is 15.0 Å². The van der Waals surface area contributed by atoms with E-state index in [0.29, 0.717) is 36.6 Å². The normalized spacial score (nSPS) is 21.2. The molecule has 1 unspecified atom stereocenters. The lowest BCUT2D eigenvalue weighted by molar-refractivity contribution is 0.244. The van der Waals surface area contributed by atoms with Crippen molar-refractivity contribution in [1.29, 1.82) is 0 Å². The summed E-state index contributed by atoms with van der Waals surface area (Å²) in [7, 11) is 0.684. The van der Waals surface area contributed by atoms with Crippen LogP contribution >= 0.6 is 0 Å². The highest BCUT2D eigenvalue weighted by atomic mass is 32.2. The molecule has 6 rings (SSSR count). The minimum Gasteiger partial charge on any atom is -0.480 e. The molecule has 0 bridgehead atoms. The number of rotatable bonds is 8. The molecule has 2 aliphatic carbocycles. The number of methoxy groups -OCH3 is 1. The zero-order valence-electron chi connectivity index (χ0n) is 22.2. The first-order valence-corrected chi connectivity index (χ1v) is 14.8. The van der Waals surface area contributed by atoms with E-state index in [1.807, 2.05) is 36.1 Å². The maximum atomic E-state index is 13.5. The largest absolute Gasteiger partial charge is 0.480 e. The molecule has 3 aliphatic rings. The minimum absolute atomic E-state index is 0.0936. The fourth-order valence-corrected chi connectivity index (χ4v) is 6.58. The molecular weight excluding hydrogens is 496 g/mol. The fourth-order valence-electron chi connectivity index (χ4n) is 5.81. The van der Waals surface area contributed by atoms with E-state index in [0.717, 1.165) is 45.8 Å². The molecule has 1 aliphatic heterocycles. The monoisotopic (exact) mass is 530 g/mol. The summed E-state index contributed by atoms with van der Waals surface area (Å²) in [5.74, 6) is 2.23. The predicted molar refractivity (Wildman–Crippen MR) is 149 cm³/mol. The second-order valence-electron chi connectivity index (χ2n) is 10.9. The van der Waals surface area contributed by atoms with Crippen LogP contribution in [0.15, 0.2) is 53.7 Å². The van der Waals surface area contributed by atoms with Crippen LogP contribution in [0.5, 0.6) is 5.88 Å². The van der Waals surface area contributed by atoms with Gasteiger partial charge in [0, 0.05) is 40.8 Å². The number of amides is 2. The predicted octanol–water partition coefficient (Wildman–Crippen LogP) is 5.55. The number of urea groups is 1. The Balaban J connectivity index is 1.28. The van der Waals surface area contributed by atoms with Crippen molar-refractivity contribution >= 4 is 22.5 Å². The number of benzene rings is 2. The summed E-state index contributed by atoms with van der Waals surface area (Å²) in [5, 5.41) is 3.11. The number of ether oxygens (including phenoxy) is 1. The molecule has 2 heterocycles. The number of carbonyl (C=O) groups excluding carboxylic acids is 1. The molecule has 3 aromatic rings. The van der Waals surface area contributed by atoms with Crippen molar-refractivity contribution in [2.75, 3.05) is 24.3 Å². The highest BCUT2D eigenvalue weighted by Gasteiger charge is 2.50. The number of aromatic nitrogens is 2. The van der Waals surface area contributed by atoms with Crippen molar-refractivity contribution in [3.8, 4) is 17.0 Å². The second-order valence-corrected chi connectivity index (χ2v) is 12.6. The molecule has 0 saturated heterocycles. The first kappa shape index (κ1) is 25.0. The Hall–Kier alpha value is -3.26. The van der Waals surface area contributed by atoms with E-state index in [-0.39, 0.29) is 11.4 Å². The van der Waals surface area contributed by atoms with Gasteiger partial charge in [0.1, 0.15) is 6.33 Å². The van der Waals surface area contributed by atoms with E-state index in [1.165, 1.54) is 18.4 Å². The molecule has 0 spiro atoms. The van der Waals surface area contributed by atoms with Crippen molar-refractivity contribution in [3.63, 3.8) is 0 Å². The van der Waals surface area contributed by atoms with Gasteiger partial charge in [0.2, 0.25) is 5.88 Å². The third-order valence-electron chi connectivity index (χ3n) is 8.29. The van der Waals surface area contributed by atoms with Crippen LogP contribution in [-0.2, 0) is 22.8 Å². The Kier molecular flexibility index (Phi) is 6.46. The van der Waals surface area contributed by atoms with Gasteiger partial charge in [0.25, 0.3) is 0 Å². The van der Waals surface area contributed by atoms with Crippen LogP contribution in [-0.4, -0.2) is 39.6 Å². The van der Waals surface area contributed by atoms with Gasteiger partial charge in [0.15, 0.2) is 0 Å². The van der Waals surface area contributed by atoms with Crippen LogP contribution in [0.2, 0.25) is 0 Å². The van der Waals surface area contributed by atoms with Gasteiger partial charge in [-0.05, 0) is 72.6 Å². The molecule has 198 valence electrons. The van der Waals surface area contributed by atoms with Crippen molar-refractivity contribution in [1.82, 2.24) is 15.3 Å². The summed E-state index contributed by atoms with van der Waals surface area (Å²) in [6.45, 7) is 5.29. The number of nitrogens with one attached hydrogen (secondary N) is 1. The molecule has 2 saturated carbocycles. The zero-order valence-corrected chi connectivity index (χ0v) is 23.0. The molecule has 0 radical (unpaired) electrons. The van der Waals surface area contributed by atoms with Crippen molar-refractivity contribution in [2.24, 2.45) is 5.92 Å². The fraction of sp³-hybridized carbons (Fsp3) is 0.433. The first-order valence-electron chi connectivity index (χ1n) is 13.5. The Labute approximate surface area is 226 Å². The molecular formula is C30H34N4O3S. The molecule has 2 amide bonds. The van der Waals surface area contributed by atoms with Gasteiger partial charge in [-0.3, -0.25) is 9.11 Å². The highest BCUT2D eigenvalue weighted by molar-refractivity contribution is 7.85. The summed E-state index contributed by atoms with van der Waals surface area (Å²) in [5.41, 5.74) is 6.17. The summed E-state index contributed by atoms with van der Waals surface area (Å²) < 4.78 is 17.7. The summed E-state index contributed by atoms with van der Waals surface area (Å²) >= 11 is 0. The summed E-state index contributed by atoms with van der Waals surface area (Å²) in [6.07, 6.45) is 6.26. The van der Waals surface area contributed by atoms with Gasteiger partial charge >= 0.3 is 6.03 Å². The lowest BCUT2D eigenvalue weighted by Crippen LogP contribution is -2.42. The van der Waals surface area contributed by atoms with Gasteiger partial charge in [-0.25, -0.2) is 14.8 Å². The van der Waals surface area contributed by atoms with Gasteiger partial charge in [0.05, 0.1) is 29.2 Å². The second kappa shape index (κ2) is 9.80. The molecule has 1 aromatic heterocycles. The number of nitrogens with zero attached hydrogens (tertiary/aromatic N) is 3. The van der Waals surface area contributed by atoms with Crippen LogP contribution in [0.4, 0.5) is 10.5 Å². The van der Waals surface area contributed by atoms with Crippen LogP contribution in [0, 0.1) is 5.92 Å². The van der Waals surface area contributed by atoms with Crippen LogP contribution in [0.25, 0.3) is 11.1 Å². The van der Waals surface area contributed by atoms with Crippen LogP contribution in [0.3, 0.4) is 0 Å². The topological polar surface area (TPSA) is 84.4 Å². The number of hydrogen-bond acceptors (Lipinski definition) is 5. The maximum Gasteiger partial charge on any atom is 0.322 e. The number of fused-ring (bicyclic) bond motifs is 1. The first-order chi connectivity index (χ1) is 18.4. The Morgan fingerprint density at radius 3 is 2.55 bits per heavy atom. The van der Waals surface area contributed by atoms with E-state index < -0.39 is 10.8 Å². The number of anilines is 1.